The zero-order valence-corrected chi connectivity index (χ0v) is 8.71. The van der Waals surface area contributed by atoms with E-state index >= 15 is 0 Å². The maximum Gasteiger partial charge on any atom is 0.321 e. The third kappa shape index (κ3) is 3.84. The maximum atomic E-state index is 11.0. The summed E-state index contributed by atoms with van der Waals surface area (Å²) >= 11 is 0.724. The van der Waals surface area contributed by atoms with Crippen molar-refractivity contribution < 1.29 is 14.7 Å². The molecule has 1 atom stereocenters. The van der Waals surface area contributed by atoms with Gasteiger partial charge in [0.05, 0.1) is 0 Å². The highest BCUT2D eigenvalue weighted by Crippen LogP contribution is 2.28. The summed E-state index contributed by atoms with van der Waals surface area (Å²) in [7, 11) is 0. The summed E-state index contributed by atoms with van der Waals surface area (Å²) in [6.45, 7) is 2.58. The molecule has 0 bridgehead atoms. The van der Waals surface area contributed by atoms with E-state index in [1.54, 1.807) is 0 Å². The number of hydrogen-bond acceptors (Lipinski definition) is 6. The van der Waals surface area contributed by atoms with Crippen LogP contribution in [0.1, 0.15) is 13.8 Å². The summed E-state index contributed by atoms with van der Waals surface area (Å²) in [5, 5.41) is 10.6. The van der Waals surface area contributed by atoms with Crippen molar-refractivity contribution in [3.8, 4) is 0 Å². The molecular formula is C7H12N2O4S. The van der Waals surface area contributed by atoms with Crippen LogP contribution in [0.2, 0.25) is 0 Å². The molecule has 0 aromatic heterocycles. The predicted octanol–water partition coefficient (Wildman–Crippen LogP) is 0.203. The first-order valence-corrected chi connectivity index (χ1v) is 4.62. The first-order valence-electron chi connectivity index (χ1n) is 3.80. The maximum absolute atomic E-state index is 11.0. The summed E-state index contributed by atoms with van der Waals surface area (Å²) in [4.78, 5) is 31.3. The molecule has 0 radical (unpaired) electrons. The fourth-order valence-corrected chi connectivity index (χ4v) is 1.67. The van der Waals surface area contributed by atoms with E-state index in [-0.39, 0.29) is 0 Å². The Morgan fingerprint density at radius 1 is 1.57 bits per heavy atom. The van der Waals surface area contributed by atoms with Crippen LogP contribution in [-0.2, 0) is 9.59 Å². The van der Waals surface area contributed by atoms with E-state index in [2.05, 4.69) is 5.18 Å². The highest BCUT2D eigenvalue weighted by molar-refractivity contribution is 8.14. The molecular weight excluding hydrogens is 208 g/mol. The van der Waals surface area contributed by atoms with Gasteiger partial charge in [0.2, 0.25) is 5.12 Å². The van der Waals surface area contributed by atoms with Gasteiger partial charge in [-0.1, -0.05) is 16.9 Å². The molecule has 7 heteroatoms. The van der Waals surface area contributed by atoms with Crippen molar-refractivity contribution in [2.75, 3.05) is 6.54 Å². The minimum atomic E-state index is -1.19. The smallest absolute Gasteiger partial charge is 0.321 e. The third-order valence-corrected chi connectivity index (χ3v) is 2.72. The van der Waals surface area contributed by atoms with E-state index < -0.39 is 28.4 Å². The summed E-state index contributed by atoms with van der Waals surface area (Å²) in [5.41, 5.74) is 5.36. The number of carbonyl (C=O) groups excluding carboxylic acids is 1. The molecule has 0 rings (SSSR count). The largest absolute Gasteiger partial charge is 0.480 e. The average Bonchev–Trinajstić information content (AvgIpc) is 2.02. The predicted molar refractivity (Wildman–Crippen MR) is 53.0 cm³/mol. The van der Waals surface area contributed by atoms with Crippen molar-refractivity contribution in [1.29, 1.82) is 0 Å². The van der Waals surface area contributed by atoms with Crippen molar-refractivity contribution in [3.05, 3.63) is 4.91 Å². The Bertz CT molecular complexity index is 254. The van der Waals surface area contributed by atoms with Crippen LogP contribution in [0.25, 0.3) is 0 Å². The number of thioether (sulfide) groups is 1. The number of nitroso groups, excluding NO2 is 1. The average molecular weight is 220 g/mol. The number of carboxylic acids is 1. The highest BCUT2D eigenvalue weighted by atomic mass is 32.2. The molecule has 0 saturated carbocycles. The lowest BCUT2D eigenvalue weighted by molar-refractivity contribution is -0.139. The molecule has 0 unspecified atom stereocenters. The van der Waals surface area contributed by atoms with E-state index in [1.165, 1.54) is 13.8 Å². The molecule has 0 saturated heterocycles. The Morgan fingerprint density at radius 2 is 2.07 bits per heavy atom. The Morgan fingerprint density at radius 3 is 2.43 bits per heavy atom. The molecule has 3 N–H and O–H groups in total. The van der Waals surface area contributed by atoms with E-state index in [9.17, 15) is 14.5 Å². The number of aliphatic carboxylic acids is 1. The topological polar surface area (TPSA) is 110 Å². The molecule has 0 fully saturated rings. The van der Waals surface area contributed by atoms with E-state index in [4.69, 9.17) is 10.8 Å². The molecule has 0 aromatic rings. The molecule has 14 heavy (non-hydrogen) atoms. The molecule has 80 valence electrons. The molecule has 0 aliphatic carbocycles. The molecule has 0 amide bonds. The second-order valence-electron chi connectivity index (χ2n) is 3.18. The summed E-state index contributed by atoms with van der Waals surface area (Å²) in [6.07, 6.45) is 0. The second-order valence-corrected chi connectivity index (χ2v) is 4.89. The van der Waals surface area contributed by atoms with Gasteiger partial charge in [-0.25, -0.2) is 0 Å². The summed E-state index contributed by atoms with van der Waals surface area (Å²) in [6, 6.07) is -1.16. The Kier molecular flexibility index (Phi) is 4.72. The third-order valence-electron chi connectivity index (χ3n) is 1.59. The number of hydrogen-bond donors (Lipinski definition) is 2. The number of rotatable bonds is 5. The van der Waals surface area contributed by atoms with Gasteiger partial charge in [0.25, 0.3) is 0 Å². The van der Waals surface area contributed by atoms with Crippen LogP contribution < -0.4 is 5.73 Å². The highest BCUT2D eigenvalue weighted by Gasteiger charge is 2.34. The van der Waals surface area contributed by atoms with Gasteiger partial charge in [-0.05, 0) is 13.8 Å². The van der Waals surface area contributed by atoms with Gasteiger partial charge >= 0.3 is 5.97 Å². The van der Waals surface area contributed by atoms with Gasteiger partial charge in [-0.3, -0.25) is 9.59 Å². The molecule has 0 aliphatic rings. The number of nitrogens with two attached hydrogens (primary N) is 1. The van der Waals surface area contributed by atoms with Crippen LogP contribution in [0.5, 0.6) is 0 Å². The Hall–Kier alpha value is -0.950. The fourth-order valence-electron chi connectivity index (χ4n) is 0.739. The van der Waals surface area contributed by atoms with Gasteiger partial charge in [-0.2, -0.15) is 4.91 Å². The number of carboxylic acid groups (broad SMARTS) is 1. The van der Waals surface area contributed by atoms with Gasteiger partial charge in [0.1, 0.15) is 12.6 Å². The van der Waals surface area contributed by atoms with Gasteiger partial charge in [0.15, 0.2) is 0 Å². The SMILES string of the molecule is CC(C)(SC(=O)CN=O)[C@H](N)C(=O)O. The van der Waals surface area contributed by atoms with E-state index in [0.29, 0.717) is 0 Å². The van der Waals surface area contributed by atoms with Crippen LogP contribution in [-0.4, -0.2) is 33.5 Å². The first kappa shape index (κ1) is 13.1. The van der Waals surface area contributed by atoms with Crippen LogP contribution in [0.4, 0.5) is 0 Å². The molecule has 0 aliphatic heterocycles. The van der Waals surface area contributed by atoms with Crippen molar-refractivity contribution in [3.63, 3.8) is 0 Å². The molecule has 6 nitrogen and oxygen atoms in total. The minimum absolute atomic E-state index is 0.472. The zero-order valence-electron chi connectivity index (χ0n) is 7.89. The van der Waals surface area contributed by atoms with Crippen LogP contribution >= 0.6 is 11.8 Å². The van der Waals surface area contributed by atoms with Crippen molar-refractivity contribution >= 4 is 22.8 Å². The van der Waals surface area contributed by atoms with Crippen LogP contribution in [0.3, 0.4) is 0 Å². The molecule has 0 heterocycles. The Balaban J connectivity index is 4.39. The van der Waals surface area contributed by atoms with Crippen molar-refractivity contribution in [2.45, 2.75) is 24.6 Å². The lowest BCUT2D eigenvalue weighted by Crippen LogP contribution is -2.47. The second kappa shape index (κ2) is 5.06. The summed E-state index contributed by atoms with van der Waals surface area (Å²) < 4.78 is -0.951. The zero-order chi connectivity index (χ0) is 11.4. The molecule has 0 spiro atoms. The van der Waals surface area contributed by atoms with Crippen LogP contribution in [0, 0.1) is 4.91 Å². The quantitative estimate of drug-likeness (QED) is 0.640. The van der Waals surface area contributed by atoms with Crippen molar-refractivity contribution in [2.24, 2.45) is 10.9 Å². The van der Waals surface area contributed by atoms with Crippen LogP contribution in [0.15, 0.2) is 5.18 Å². The summed E-state index contributed by atoms with van der Waals surface area (Å²) in [5.74, 6) is -1.19. The van der Waals surface area contributed by atoms with Gasteiger partial charge in [-0.15, -0.1) is 0 Å². The molecule has 0 aromatic carbocycles. The lowest BCUT2D eigenvalue weighted by Gasteiger charge is -2.26. The fraction of sp³-hybridized carbons (Fsp3) is 0.714. The number of carbonyl (C=O) groups is 2. The standard InChI is InChI=1S/C7H12N2O4S/c1-7(2,5(8)6(11)12)14-4(10)3-9-13/h5H,3,8H2,1-2H3,(H,11,12)/t5-/m1/s1. The lowest BCUT2D eigenvalue weighted by atomic mass is 10.1. The van der Waals surface area contributed by atoms with Crippen molar-refractivity contribution in [1.82, 2.24) is 0 Å². The Labute approximate surface area is 85.2 Å². The van der Waals surface area contributed by atoms with E-state index in [0.717, 1.165) is 11.8 Å². The van der Waals surface area contributed by atoms with Gasteiger partial charge in [0, 0.05) is 4.75 Å². The normalized spacial score (nSPS) is 13.4. The van der Waals surface area contributed by atoms with E-state index in [1.807, 2.05) is 0 Å². The number of nitrogens with zero attached hydrogens (tertiary/aromatic N) is 1. The first-order chi connectivity index (χ1) is 6.31. The van der Waals surface area contributed by atoms with Gasteiger partial charge < -0.3 is 10.8 Å². The monoisotopic (exact) mass is 220 g/mol. The minimum Gasteiger partial charge on any atom is -0.480 e.